The van der Waals surface area contributed by atoms with Gasteiger partial charge in [-0.25, -0.2) is 0 Å². The third-order valence-electron chi connectivity index (χ3n) is 4.13. The Morgan fingerprint density at radius 2 is 1.73 bits per heavy atom. The van der Waals surface area contributed by atoms with E-state index in [0.717, 1.165) is 5.56 Å². The lowest BCUT2D eigenvalue weighted by molar-refractivity contribution is 0.413. The van der Waals surface area contributed by atoms with Gasteiger partial charge in [0.1, 0.15) is 11.6 Å². The Kier molecular flexibility index (Phi) is 4.95. The van der Waals surface area contributed by atoms with Crippen molar-refractivity contribution in [2.24, 2.45) is 4.99 Å². The molecule has 0 spiro atoms. The Bertz CT molecular complexity index is 1050. The molecule has 0 fully saturated rings. The molecule has 0 amide bonds. The van der Waals surface area contributed by atoms with Crippen LogP contribution in [0.5, 0.6) is 5.88 Å². The number of hydrogen-bond donors (Lipinski definition) is 1. The van der Waals surface area contributed by atoms with Crippen LogP contribution in [0.2, 0.25) is 0 Å². The van der Waals surface area contributed by atoms with Crippen molar-refractivity contribution in [2.45, 2.75) is 13.5 Å². The lowest BCUT2D eigenvalue weighted by atomic mass is 10.1. The summed E-state index contributed by atoms with van der Waals surface area (Å²) in [6.45, 7) is 1.81. The average Bonchev–Trinajstić information content (AvgIpc) is 2.67. The van der Waals surface area contributed by atoms with Crippen LogP contribution >= 0.6 is 0 Å². The van der Waals surface area contributed by atoms with Gasteiger partial charge >= 0.3 is 0 Å². The van der Waals surface area contributed by atoms with Crippen LogP contribution in [-0.2, 0) is 6.54 Å². The van der Waals surface area contributed by atoms with Gasteiger partial charge in [0.15, 0.2) is 0 Å². The predicted octanol–water partition coefficient (Wildman–Crippen LogP) is 3.53. The summed E-state index contributed by atoms with van der Waals surface area (Å²) in [5.41, 5.74) is 1.84. The number of aliphatic imine (C=N–C) groups is 1. The fourth-order valence-electron chi connectivity index (χ4n) is 2.69. The van der Waals surface area contributed by atoms with Crippen LogP contribution in [0, 0.1) is 18.3 Å². The normalized spacial score (nSPS) is 10.8. The summed E-state index contributed by atoms with van der Waals surface area (Å²) in [6.07, 6.45) is 1.49. The summed E-state index contributed by atoms with van der Waals surface area (Å²) in [4.78, 5) is 17.0. The number of aromatic nitrogens is 1. The van der Waals surface area contributed by atoms with Gasteiger partial charge in [0.05, 0.1) is 17.8 Å². The SMILES string of the molecule is Cc1c(C=Nc2ccccc2)c(O)n(Cc2ccccc2)c(=O)c1C#N. The van der Waals surface area contributed by atoms with Gasteiger partial charge in [-0.1, -0.05) is 48.5 Å². The highest BCUT2D eigenvalue weighted by molar-refractivity contribution is 5.87. The monoisotopic (exact) mass is 343 g/mol. The number of pyridine rings is 1. The summed E-state index contributed by atoms with van der Waals surface area (Å²) < 4.78 is 1.20. The topological polar surface area (TPSA) is 78.4 Å². The first kappa shape index (κ1) is 17.2. The van der Waals surface area contributed by atoms with Crippen molar-refractivity contribution < 1.29 is 5.11 Å². The van der Waals surface area contributed by atoms with E-state index in [1.54, 1.807) is 6.92 Å². The molecule has 0 radical (unpaired) electrons. The summed E-state index contributed by atoms with van der Waals surface area (Å²) in [5, 5.41) is 20.1. The molecule has 0 atom stereocenters. The second-order valence-corrected chi connectivity index (χ2v) is 5.82. The standard InChI is InChI=1S/C21H17N3O2/c1-15-18(12-22)20(25)24(14-16-8-4-2-5-9-16)21(26)19(15)13-23-17-10-6-3-7-11-17/h2-11,13,26H,14H2,1H3. The zero-order valence-electron chi connectivity index (χ0n) is 14.3. The molecular formula is C21H17N3O2. The van der Waals surface area contributed by atoms with E-state index in [9.17, 15) is 15.2 Å². The number of nitriles is 1. The van der Waals surface area contributed by atoms with E-state index >= 15 is 0 Å². The molecule has 0 aliphatic heterocycles. The highest BCUT2D eigenvalue weighted by atomic mass is 16.3. The molecule has 26 heavy (non-hydrogen) atoms. The largest absolute Gasteiger partial charge is 0.494 e. The third-order valence-corrected chi connectivity index (χ3v) is 4.13. The molecular weight excluding hydrogens is 326 g/mol. The maximum atomic E-state index is 12.6. The highest BCUT2D eigenvalue weighted by Gasteiger charge is 2.18. The molecule has 0 aliphatic carbocycles. The van der Waals surface area contributed by atoms with Crippen LogP contribution in [0.4, 0.5) is 5.69 Å². The molecule has 1 heterocycles. The van der Waals surface area contributed by atoms with Crippen molar-refractivity contribution in [3.8, 4) is 11.9 Å². The number of hydrogen-bond acceptors (Lipinski definition) is 4. The number of benzene rings is 2. The maximum Gasteiger partial charge on any atom is 0.271 e. The molecule has 5 nitrogen and oxygen atoms in total. The van der Waals surface area contributed by atoms with E-state index in [0.29, 0.717) is 16.8 Å². The van der Waals surface area contributed by atoms with Crippen molar-refractivity contribution >= 4 is 11.9 Å². The van der Waals surface area contributed by atoms with Crippen LogP contribution in [0.15, 0.2) is 70.5 Å². The minimum Gasteiger partial charge on any atom is -0.494 e. The molecule has 0 aliphatic rings. The molecule has 3 aromatic rings. The van der Waals surface area contributed by atoms with Crippen LogP contribution in [0.3, 0.4) is 0 Å². The van der Waals surface area contributed by atoms with Crippen molar-refractivity contribution in [3.63, 3.8) is 0 Å². The maximum absolute atomic E-state index is 12.6. The first-order valence-corrected chi connectivity index (χ1v) is 8.11. The Hall–Kier alpha value is -3.65. The molecule has 0 unspecified atom stereocenters. The molecule has 3 rings (SSSR count). The number of para-hydroxylation sites is 1. The zero-order valence-corrected chi connectivity index (χ0v) is 14.3. The van der Waals surface area contributed by atoms with E-state index in [4.69, 9.17) is 0 Å². The van der Waals surface area contributed by atoms with Crippen molar-refractivity contribution in [3.05, 3.63) is 93.3 Å². The van der Waals surface area contributed by atoms with Gasteiger partial charge < -0.3 is 5.11 Å². The fraction of sp³-hybridized carbons (Fsp3) is 0.0952. The molecule has 128 valence electrons. The first-order chi connectivity index (χ1) is 12.6. The molecule has 1 aromatic heterocycles. The zero-order chi connectivity index (χ0) is 18.5. The van der Waals surface area contributed by atoms with Crippen molar-refractivity contribution in [2.75, 3.05) is 0 Å². The number of nitrogens with zero attached hydrogens (tertiary/aromatic N) is 3. The third kappa shape index (κ3) is 3.40. The smallest absolute Gasteiger partial charge is 0.271 e. The summed E-state index contributed by atoms with van der Waals surface area (Å²) in [6, 6.07) is 20.5. The predicted molar refractivity (Wildman–Crippen MR) is 101 cm³/mol. The van der Waals surface area contributed by atoms with Crippen molar-refractivity contribution in [1.82, 2.24) is 4.57 Å². The minimum absolute atomic E-state index is 0.00763. The van der Waals surface area contributed by atoms with Gasteiger partial charge in [0, 0.05) is 6.21 Å². The van der Waals surface area contributed by atoms with Gasteiger partial charge in [-0.15, -0.1) is 0 Å². The summed E-state index contributed by atoms with van der Waals surface area (Å²) >= 11 is 0. The van der Waals surface area contributed by atoms with Gasteiger partial charge in [0.2, 0.25) is 5.88 Å². The van der Waals surface area contributed by atoms with Crippen LogP contribution in [0.25, 0.3) is 0 Å². The molecule has 0 bridgehead atoms. The first-order valence-electron chi connectivity index (χ1n) is 8.11. The summed E-state index contributed by atoms with van der Waals surface area (Å²) in [5.74, 6) is -0.199. The van der Waals surface area contributed by atoms with E-state index < -0.39 is 5.56 Å². The molecule has 0 saturated heterocycles. The Balaban J connectivity index is 2.12. The second kappa shape index (κ2) is 7.49. The van der Waals surface area contributed by atoms with E-state index in [1.807, 2.05) is 66.7 Å². The lowest BCUT2D eigenvalue weighted by Crippen LogP contribution is -2.25. The second-order valence-electron chi connectivity index (χ2n) is 5.82. The van der Waals surface area contributed by atoms with E-state index in [1.165, 1.54) is 10.8 Å². The van der Waals surface area contributed by atoms with Gasteiger partial charge in [-0.3, -0.25) is 14.4 Å². The Morgan fingerprint density at radius 3 is 2.35 bits per heavy atom. The van der Waals surface area contributed by atoms with Crippen LogP contribution in [-0.4, -0.2) is 15.9 Å². The molecule has 0 saturated carbocycles. The highest BCUT2D eigenvalue weighted by Crippen LogP contribution is 2.22. The molecule has 5 heteroatoms. The molecule has 2 aromatic carbocycles. The van der Waals surface area contributed by atoms with Crippen LogP contribution in [0.1, 0.15) is 22.3 Å². The van der Waals surface area contributed by atoms with E-state index in [-0.39, 0.29) is 18.0 Å². The average molecular weight is 343 g/mol. The minimum atomic E-state index is -0.511. The van der Waals surface area contributed by atoms with Crippen molar-refractivity contribution in [1.29, 1.82) is 5.26 Å². The summed E-state index contributed by atoms with van der Waals surface area (Å²) in [7, 11) is 0. The van der Waals surface area contributed by atoms with Gasteiger partial charge in [-0.2, -0.15) is 5.26 Å². The Labute approximate surface area is 151 Å². The number of rotatable bonds is 4. The lowest BCUT2D eigenvalue weighted by Gasteiger charge is -2.14. The number of aromatic hydroxyl groups is 1. The fourth-order valence-corrected chi connectivity index (χ4v) is 2.69. The van der Waals surface area contributed by atoms with Crippen LogP contribution < -0.4 is 5.56 Å². The quantitative estimate of drug-likeness (QED) is 0.736. The molecule has 1 N–H and O–H groups in total. The Morgan fingerprint density at radius 1 is 1.12 bits per heavy atom. The van der Waals surface area contributed by atoms with E-state index in [2.05, 4.69) is 4.99 Å². The van der Waals surface area contributed by atoms with Gasteiger partial charge in [-0.05, 0) is 30.2 Å². The van der Waals surface area contributed by atoms with Gasteiger partial charge in [0.25, 0.3) is 5.56 Å².